The van der Waals surface area contributed by atoms with Gasteiger partial charge in [-0.05, 0) is 81.3 Å². The Kier molecular flexibility index (Phi) is 5.25. The van der Waals surface area contributed by atoms with Gasteiger partial charge in [0.2, 0.25) is 0 Å². The molecular formula is C26H40O4. The average Bonchev–Trinajstić information content (AvgIpc) is 3.14. The second-order valence-corrected chi connectivity index (χ2v) is 11.6. The van der Waals surface area contributed by atoms with Gasteiger partial charge in [-0.2, -0.15) is 0 Å². The van der Waals surface area contributed by atoms with E-state index in [2.05, 4.69) is 33.8 Å². The van der Waals surface area contributed by atoms with E-state index in [9.17, 15) is 5.11 Å². The Bertz CT molecular complexity index is 739. The first-order chi connectivity index (χ1) is 14.2. The molecule has 4 nitrogen and oxygen atoms in total. The fraction of sp³-hybridized carbons (Fsp3) is 0.846. The molecule has 5 aliphatic rings. The molecule has 4 heteroatoms. The average molecular weight is 417 g/mol. The molecule has 1 saturated heterocycles. The third kappa shape index (κ3) is 3.43. The van der Waals surface area contributed by atoms with Gasteiger partial charge in [-0.1, -0.05) is 25.0 Å². The molecule has 1 spiro atoms. The summed E-state index contributed by atoms with van der Waals surface area (Å²) in [6, 6.07) is 0. The number of aliphatic hydroxyl groups excluding tert-OH is 1. The van der Waals surface area contributed by atoms with E-state index >= 15 is 0 Å². The zero-order chi connectivity index (χ0) is 21.1. The minimum Gasteiger partial charge on any atom is -0.396 e. The van der Waals surface area contributed by atoms with Gasteiger partial charge in [0.25, 0.3) is 0 Å². The lowest BCUT2D eigenvalue weighted by molar-refractivity contribution is -0.169. The summed E-state index contributed by atoms with van der Waals surface area (Å²) in [5.41, 5.74) is 4.72. The van der Waals surface area contributed by atoms with E-state index in [1.807, 2.05) is 0 Å². The Hall–Kier alpha value is -0.680. The maximum absolute atomic E-state index is 10.4. The standard InChI is InChI=1S/C26H40O4/c1-24(2,3)30-22-7-5-6-21-23-18(16-27)14-17-15-26(28-12-13-29-26)11-9-19(17)20(23)8-10-25(21,22)4/h14,18,21-23,27H,5-13,15-16H2,1-4H3/t18-,21-,22-,23+,25-/m0/s1. The van der Waals surface area contributed by atoms with E-state index in [4.69, 9.17) is 14.2 Å². The predicted octanol–water partition coefficient (Wildman–Crippen LogP) is 5.16. The van der Waals surface area contributed by atoms with E-state index < -0.39 is 5.79 Å². The lowest BCUT2D eigenvalue weighted by atomic mass is 9.50. The highest BCUT2D eigenvalue weighted by atomic mass is 16.7. The molecule has 168 valence electrons. The molecule has 4 aliphatic carbocycles. The van der Waals surface area contributed by atoms with Crippen molar-refractivity contribution in [3.05, 3.63) is 22.8 Å². The molecule has 30 heavy (non-hydrogen) atoms. The SMILES string of the molecule is CC(C)(C)O[C@H]1CCC[C@H]2[C@H]3C(=C4CCC5(CC4=C[C@H]3CO)OCCO5)CC[C@]12C. The summed E-state index contributed by atoms with van der Waals surface area (Å²) in [6.07, 6.45) is 11.6. The van der Waals surface area contributed by atoms with Gasteiger partial charge in [0, 0.05) is 25.4 Å². The van der Waals surface area contributed by atoms with E-state index in [1.54, 1.807) is 11.1 Å². The zero-order valence-electron chi connectivity index (χ0n) is 19.3. The highest BCUT2D eigenvalue weighted by molar-refractivity contribution is 5.45. The first kappa shape index (κ1) is 21.2. The normalized spacial score (nSPS) is 40.6. The Morgan fingerprint density at radius 3 is 2.60 bits per heavy atom. The Balaban J connectivity index is 1.47. The fourth-order valence-corrected chi connectivity index (χ4v) is 7.46. The van der Waals surface area contributed by atoms with Crippen molar-refractivity contribution in [2.24, 2.45) is 23.2 Å². The summed E-state index contributed by atoms with van der Waals surface area (Å²) in [4.78, 5) is 0. The quantitative estimate of drug-likeness (QED) is 0.676. The maximum atomic E-state index is 10.4. The largest absolute Gasteiger partial charge is 0.396 e. The van der Waals surface area contributed by atoms with Crippen LogP contribution in [0, 0.1) is 23.2 Å². The molecule has 4 fully saturated rings. The van der Waals surface area contributed by atoms with Crippen LogP contribution < -0.4 is 0 Å². The van der Waals surface area contributed by atoms with Gasteiger partial charge in [0.1, 0.15) is 0 Å². The molecule has 1 aliphatic heterocycles. The summed E-state index contributed by atoms with van der Waals surface area (Å²) >= 11 is 0. The molecule has 0 bridgehead atoms. The molecule has 1 N–H and O–H groups in total. The highest BCUT2D eigenvalue weighted by Gasteiger charge is 2.55. The van der Waals surface area contributed by atoms with E-state index in [-0.39, 0.29) is 23.5 Å². The highest BCUT2D eigenvalue weighted by Crippen LogP contribution is 2.61. The minimum absolute atomic E-state index is 0.108. The van der Waals surface area contributed by atoms with Crippen molar-refractivity contribution < 1.29 is 19.3 Å². The predicted molar refractivity (Wildman–Crippen MR) is 117 cm³/mol. The lowest BCUT2D eigenvalue weighted by Gasteiger charge is -2.58. The molecule has 5 rings (SSSR count). The summed E-state index contributed by atoms with van der Waals surface area (Å²) in [7, 11) is 0. The molecule has 0 aromatic heterocycles. The minimum atomic E-state index is -0.400. The summed E-state index contributed by atoms with van der Waals surface area (Å²) < 4.78 is 18.7. The topological polar surface area (TPSA) is 47.9 Å². The Labute approximate surface area is 182 Å². The Morgan fingerprint density at radius 2 is 1.90 bits per heavy atom. The number of hydrogen-bond donors (Lipinski definition) is 1. The smallest absolute Gasteiger partial charge is 0.172 e. The van der Waals surface area contributed by atoms with E-state index in [1.165, 1.54) is 31.3 Å². The van der Waals surface area contributed by atoms with Crippen LogP contribution in [-0.2, 0) is 14.2 Å². The van der Waals surface area contributed by atoms with Gasteiger partial charge >= 0.3 is 0 Å². The number of ether oxygens (including phenoxy) is 3. The monoisotopic (exact) mass is 416 g/mol. The van der Waals surface area contributed by atoms with Crippen molar-refractivity contribution >= 4 is 0 Å². The van der Waals surface area contributed by atoms with Crippen LogP contribution in [0.1, 0.15) is 79.1 Å². The lowest BCUT2D eigenvalue weighted by Crippen LogP contribution is -2.54. The summed E-state index contributed by atoms with van der Waals surface area (Å²) in [5.74, 6) is 0.883. The Morgan fingerprint density at radius 1 is 1.13 bits per heavy atom. The van der Waals surface area contributed by atoms with Crippen LogP contribution in [0.25, 0.3) is 0 Å². The van der Waals surface area contributed by atoms with Crippen molar-refractivity contribution in [2.45, 2.75) is 96.6 Å². The van der Waals surface area contributed by atoms with Crippen LogP contribution >= 0.6 is 0 Å². The molecule has 5 atom stereocenters. The summed E-state index contributed by atoms with van der Waals surface area (Å²) in [5, 5.41) is 10.4. The van der Waals surface area contributed by atoms with Crippen molar-refractivity contribution in [1.82, 2.24) is 0 Å². The van der Waals surface area contributed by atoms with E-state index in [0.717, 1.165) is 25.7 Å². The van der Waals surface area contributed by atoms with Crippen LogP contribution in [0.3, 0.4) is 0 Å². The van der Waals surface area contributed by atoms with Gasteiger partial charge in [0.15, 0.2) is 5.79 Å². The molecule has 1 heterocycles. The molecule has 0 radical (unpaired) electrons. The second kappa shape index (κ2) is 7.43. The number of fused-ring (bicyclic) bond motifs is 4. The van der Waals surface area contributed by atoms with Crippen molar-refractivity contribution in [3.8, 4) is 0 Å². The molecule has 0 amide bonds. The first-order valence-corrected chi connectivity index (χ1v) is 12.2. The van der Waals surface area contributed by atoms with E-state index in [0.29, 0.717) is 31.2 Å². The number of allylic oxidation sites excluding steroid dienone is 2. The number of rotatable bonds is 2. The summed E-state index contributed by atoms with van der Waals surface area (Å²) in [6.45, 7) is 10.7. The molecule has 3 saturated carbocycles. The molecular weight excluding hydrogens is 376 g/mol. The van der Waals surface area contributed by atoms with Gasteiger partial charge in [-0.15, -0.1) is 0 Å². The van der Waals surface area contributed by atoms with Crippen LogP contribution in [0.15, 0.2) is 22.8 Å². The number of aliphatic hydroxyl groups is 1. The third-order valence-electron chi connectivity index (χ3n) is 8.72. The van der Waals surface area contributed by atoms with Crippen molar-refractivity contribution in [2.75, 3.05) is 19.8 Å². The van der Waals surface area contributed by atoms with Crippen molar-refractivity contribution in [1.29, 1.82) is 0 Å². The second-order valence-electron chi connectivity index (χ2n) is 11.6. The third-order valence-corrected chi connectivity index (χ3v) is 8.72. The first-order valence-electron chi connectivity index (χ1n) is 12.2. The zero-order valence-corrected chi connectivity index (χ0v) is 19.3. The van der Waals surface area contributed by atoms with Gasteiger partial charge in [-0.25, -0.2) is 0 Å². The molecule has 0 aromatic carbocycles. The number of hydrogen-bond acceptors (Lipinski definition) is 4. The van der Waals surface area contributed by atoms with Crippen LogP contribution in [0.5, 0.6) is 0 Å². The van der Waals surface area contributed by atoms with Gasteiger partial charge in [0.05, 0.1) is 24.9 Å². The van der Waals surface area contributed by atoms with Crippen LogP contribution in [0.4, 0.5) is 0 Å². The fourth-order valence-electron chi connectivity index (χ4n) is 7.46. The van der Waals surface area contributed by atoms with Crippen LogP contribution in [-0.4, -0.2) is 42.4 Å². The van der Waals surface area contributed by atoms with Crippen LogP contribution in [0.2, 0.25) is 0 Å². The maximum Gasteiger partial charge on any atom is 0.172 e. The van der Waals surface area contributed by atoms with Gasteiger partial charge in [-0.3, -0.25) is 0 Å². The van der Waals surface area contributed by atoms with Gasteiger partial charge < -0.3 is 19.3 Å². The molecule has 0 unspecified atom stereocenters. The molecule has 0 aromatic rings. The van der Waals surface area contributed by atoms with Crippen molar-refractivity contribution in [3.63, 3.8) is 0 Å².